The van der Waals surface area contributed by atoms with Gasteiger partial charge in [-0.25, -0.2) is 0 Å². The first-order valence-electron chi connectivity index (χ1n) is 4.04. The minimum Gasteiger partial charge on any atom is -0.350 e. The average Bonchev–Trinajstić information content (AvgIpc) is 2.66. The van der Waals surface area contributed by atoms with Crippen LogP contribution in [0.1, 0.15) is 19.3 Å². The van der Waals surface area contributed by atoms with Crippen molar-refractivity contribution in [2.24, 2.45) is 0 Å². The van der Waals surface area contributed by atoms with Crippen molar-refractivity contribution < 1.29 is 23.7 Å². The third kappa shape index (κ3) is 3.22. The molecule has 6 heteroatoms. The molecule has 0 atom stereocenters. The summed E-state index contributed by atoms with van der Waals surface area (Å²) in [6.07, 6.45) is -3.84. The summed E-state index contributed by atoms with van der Waals surface area (Å²) in [6, 6.07) is 0. The second-order valence-electron chi connectivity index (χ2n) is 3.40. The summed E-state index contributed by atoms with van der Waals surface area (Å²) < 4.78 is 35.0. The fourth-order valence-corrected chi connectivity index (χ4v) is 0.883. The number of hydrogen-bond acceptors (Lipinski definition) is 1. The molecule has 0 radical (unpaired) electrons. The standard InChI is InChI=1S/C7H11F3N2O/c8-7(9,10)3-4-12-5(13)6(11)1-2-6/h1-4,11H2,(H,12,13)/p+1. The zero-order valence-corrected chi connectivity index (χ0v) is 7.08. The van der Waals surface area contributed by atoms with Gasteiger partial charge in [-0.3, -0.25) is 4.79 Å². The Labute approximate surface area is 73.5 Å². The van der Waals surface area contributed by atoms with Gasteiger partial charge in [-0.2, -0.15) is 13.2 Å². The van der Waals surface area contributed by atoms with Gasteiger partial charge in [0.1, 0.15) is 0 Å². The molecule has 76 valence electrons. The summed E-state index contributed by atoms with van der Waals surface area (Å²) in [5, 5.41) is 2.22. The molecule has 1 fully saturated rings. The van der Waals surface area contributed by atoms with Crippen LogP contribution in [0.4, 0.5) is 13.2 Å². The van der Waals surface area contributed by atoms with E-state index in [0.29, 0.717) is 12.8 Å². The van der Waals surface area contributed by atoms with Crippen molar-refractivity contribution in [2.45, 2.75) is 31.0 Å². The van der Waals surface area contributed by atoms with Crippen molar-refractivity contribution in [3.63, 3.8) is 0 Å². The van der Waals surface area contributed by atoms with Gasteiger partial charge in [0, 0.05) is 19.4 Å². The summed E-state index contributed by atoms with van der Waals surface area (Å²) in [4.78, 5) is 11.1. The van der Waals surface area contributed by atoms with Crippen LogP contribution in [0.2, 0.25) is 0 Å². The normalized spacial score (nSPS) is 19.7. The molecule has 0 aromatic rings. The molecule has 0 aliphatic heterocycles. The highest BCUT2D eigenvalue weighted by Gasteiger charge is 2.50. The zero-order valence-electron chi connectivity index (χ0n) is 7.08. The van der Waals surface area contributed by atoms with Gasteiger partial charge in [-0.1, -0.05) is 0 Å². The van der Waals surface area contributed by atoms with Crippen LogP contribution in [0, 0.1) is 0 Å². The Hall–Kier alpha value is -0.780. The van der Waals surface area contributed by atoms with Gasteiger partial charge in [-0.05, 0) is 0 Å². The van der Waals surface area contributed by atoms with Gasteiger partial charge < -0.3 is 11.1 Å². The number of alkyl halides is 3. The molecule has 1 rings (SSSR count). The van der Waals surface area contributed by atoms with Gasteiger partial charge >= 0.3 is 6.18 Å². The largest absolute Gasteiger partial charge is 0.390 e. The summed E-state index contributed by atoms with van der Waals surface area (Å²) in [5.74, 6) is -0.364. The highest BCUT2D eigenvalue weighted by atomic mass is 19.4. The Kier molecular flexibility index (Phi) is 2.51. The first kappa shape index (κ1) is 10.3. The van der Waals surface area contributed by atoms with Gasteiger partial charge in [-0.15, -0.1) is 0 Å². The number of hydrogen-bond donors (Lipinski definition) is 2. The van der Waals surface area contributed by atoms with Gasteiger partial charge in [0.15, 0.2) is 5.54 Å². The molecule has 4 N–H and O–H groups in total. The summed E-state index contributed by atoms with van der Waals surface area (Å²) in [7, 11) is 0. The Morgan fingerprint density at radius 2 is 2.00 bits per heavy atom. The molecular formula is C7H12F3N2O+. The number of rotatable bonds is 3. The fraction of sp³-hybridized carbons (Fsp3) is 0.857. The van der Waals surface area contributed by atoms with Crippen LogP contribution in [-0.2, 0) is 4.79 Å². The summed E-state index contributed by atoms with van der Waals surface area (Å²) in [6.45, 7) is -0.348. The predicted molar refractivity (Wildman–Crippen MR) is 38.5 cm³/mol. The Bertz CT molecular complexity index is 210. The first-order valence-corrected chi connectivity index (χ1v) is 4.04. The monoisotopic (exact) mass is 197 g/mol. The zero-order chi connectivity index (χ0) is 10.1. The number of carbonyl (C=O) groups is 1. The quantitative estimate of drug-likeness (QED) is 0.648. The van der Waals surface area contributed by atoms with Gasteiger partial charge in [0.05, 0.1) is 6.42 Å². The smallest absolute Gasteiger partial charge is 0.350 e. The van der Waals surface area contributed by atoms with E-state index in [9.17, 15) is 18.0 Å². The molecule has 0 spiro atoms. The number of halogens is 3. The van der Waals surface area contributed by atoms with Crippen LogP contribution >= 0.6 is 0 Å². The SMILES string of the molecule is [NH3+]C1(C(=O)NCCC(F)(F)F)CC1. The van der Waals surface area contributed by atoms with E-state index in [2.05, 4.69) is 11.1 Å². The third-order valence-corrected chi connectivity index (χ3v) is 2.03. The molecule has 0 heterocycles. The van der Waals surface area contributed by atoms with Crippen molar-refractivity contribution in [1.29, 1.82) is 0 Å². The second-order valence-corrected chi connectivity index (χ2v) is 3.40. The minimum atomic E-state index is -4.20. The highest BCUT2D eigenvalue weighted by Crippen LogP contribution is 2.29. The van der Waals surface area contributed by atoms with Crippen LogP contribution in [0.5, 0.6) is 0 Å². The molecule has 0 aromatic heterocycles. The Balaban J connectivity index is 2.16. The molecule has 3 nitrogen and oxygen atoms in total. The van der Waals surface area contributed by atoms with E-state index >= 15 is 0 Å². The lowest BCUT2D eigenvalue weighted by molar-refractivity contribution is -0.420. The van der Waals surface area contributed by atoms with Crippen molar-refractivity contribution in [3.8, 4) is 0 Å². The fourth-order valence-electron chi connectivity index (χ4n) is 0.883. The third-order valence-electron chi connectivity index (χ3n) is 2.03. The topological polar surface area (TPSA) is 56.7 Å². The van der Waals surface area contributed by atoms with Crippen molar-refractivity contribution in [2.75, 3.05) is 6.54 Å². The summed E-state index contributed by atoms with van der Waals surface area (Å²) >= 11 is 0. The molecule has 0 aromatic carbocycles. The van der Waals surface area contributed by atoms with E-state index in [-0.39, 0.29) is 12.5 Å². The Morgan fingerprint density at radius 3 is 2.38 bits per heavy atom. The van der Waals surface area contributed by atoms with E-state index < -0.39 is 18.1 Å². The lowest BCUT2D eigenvalue weighted by atomic mass is 10.2. The molecule has 1 saturated carbocycles. The Morgan fingerprint density at radius 1 is 1.46 bits per heavy atom. The molecule has 0 unspecified atom stereocenters. The molecule has 1 aliphatic rings. The van der Waals surface area contributed by atoms with Crippen LogP contribution in [-0.4, -0.2) is 24.2 Å². The molecule has 1 aliphatic carbocycles. The maximum atomic E-state index is 11.7. The lowest BCUT2D eigenvalue weighted by Crippen LogP contribution is -2.70. The maximum absolute atomic E-state index is 11.7. The lowest BCUT2D eigenvalue weighted by Gasteiger charge is -2.09. The average molecular weight is 197 g/mol. The van der Waals surface area contributed by atoms with Crippen LogP contribution in [0.15, 0.2) is 0 Å². The second kappa shape index (κ2) is 3.17. The van der Waals surface area contributed by atoms with Crippen molar-refractivity contribution in [3.05, 3.63) is 0 Å². The summed E-state index contributed by atoms with van der Waals surface area (Å²) in [5.41, 5.74) is 2.97. The number of amides is 1. The van der Waals surface area contributed by atoms with Gasteiger partial charge in [0.2, 0.25) is 0 Å². The molecular weight excluding hydrogens is 185 g/mol. The molecule has 0 saturated heterocycles. The first-order chi connectivity index (χ1) is 5.83. The van der Waals surface area contributed by atoms with Gasteiger partial charge in [0.25, 0.3) is 5.91 Å². The number of carbonyl (C=O) groups excluding carboxylic acids is 1. The van der Waals surface area contributed by atoms with Crippen molar-refractivity contribution >= 4 is 5.91 Å². The number of nitrogens with one attached hydrogen (secondary N) is 1. The number of quaternary nitrogens is 1. The molecule has 1 amide bonds. The maximum Gasteiger partial charge on any atom is 0.390 e. The van der Waals surface area contributed by atoms with Crippen LogP contribution in [0.3, 0.4) is 0 Å². The molecule has 0 bridgehead atoms. The van der Waals surface area contributed by atoms with E-state index in [1.54, 1.807) is 0 Å². The minimum absolute atomic E-state index is 0.348. The van der Waals surface area contributed by atoms with E-state index in [1.807, 2.05) is 0 Å². The van der Waals surface area contributed by atoms with E-state index in [0.717, 1.165) is 0 Å². The van der Waals surface area contributed by atoms with E-state index in [4.69, 9.17) is 0 Å². The van der Waals surface area contributed by atoms with E-state index in [1.165, 1.54) is 0 Å². The van der Waals surface area contributed by atoms with Crippen molar-refractivity contribution in [1.82, 2.24) is 5.32 Å². The highest BCUT2D eigenvalue weighted by molar-refractivity contribution is 5.87. The molecule has 13 heavy (non-hydrogen) atoms. The van der Waals surface area contributed by atoms with Crippen LogP contribution in [0.25, 0.3) is 0 Å². The predicted octanol–water partition coefficient (Wildman–Crippen LogP) is -0.171. The van der Waals surface area contributed by atoms with Crippen LogP contribution < -0.4 is 11.1 Å².